The van der Waals surface area contributed by atoms with Crippen molar-refractivity contribution in [1.82, 2.24) is 0 Å². The second kappa shape index (κ2) is 5.96. The molecule has 0 saturated carbocycles. The molecule has 0 aliphatic carbocycles. The maximum Gasteiger partial charge on any atom is 0.240 e. The van der Waals surface area contributed by atoms with Gasteiger partial charge in [-0.2, -0.15) is 0 Å². The monoisotopic (exact) mass is 274 g/mol. The third kappa shape index (κ3) is 3.12. The van der Waals surface area contributed by atoms with E-state index in [1.807, 2.05) is 72.8 Å². The van der Waals surface area contributed by atoms with E-state index in [9.17, 15) is 0 Å². The summed E-state index contributed by atoms with van der Waals surface area (Å²) in [4.78, 5) is 4.28. The molecule has 4 nitrogen and oxygen atoms in total. The number of rotatable bonds is 2. The molecule has 0 radical (unpaired) electrons. The number of guanidine groups is 1. The third-order valence-electron chi connectivity index (χ3n) is 3.03. The lowest BCUT2D eigenvalue weighted by molar-refractivity contribution is 1.20. The number of nitrogens with zero attached hydrogens (tertiary/aromatic N) is 3. The van der Waals surface area contributed by atoms with Crippen molar-refractivity contribution < 1.29 is 0 Å². The average Bonchev–Trinajstić information content (AvgIpc) is 2.53. The Morgan fingerprint density at radius 2 is 1.14 bits per heavy atom. The van der Waals surface area contributed by atoms with Crippen LogP contribution in [0.4, 0.5) is 0 Å². The van der Waals surface area contributed by atoms with E-state index in [-0.39, 0.29) is 5.96 Å². The largest absolute Gasteiger partial charge is 0.366 e. The Morgan fingerprint density at radius 1 is 0.619 bits per heavy atom. The topological polar surface area (TPSA) is 63.1 Å². The van der Waals surface area contributed by atoms with Gasteiger partial charge in [0, 0.05) is 11.1 Å². The minimum absolute atomic E-state index is 0.145. The molecule has 0 bridgehead atoms. The highest BCUT2D eigenvalue weighted by molar-refractivity contribution is 6.18. The van der Waals surface area contributed by atoms with Gasteiger partial charge in [-0.1, -0.05) is 60.7 Å². The summed E-state index contributed by atoms with van der Waals surface area (Å²) in [5.74, 6) is 0.145. The van der Waals surface area contributed by atoms with Crippen molar-refractivity contribution in [2.75, 3.05) is 0 Å². The molecule has 0 unspecified atom stereocenters. The highest BCUT2D eigenvalue weighted by Crippen LogP contribution is 2.08. The van der Waals surface area contributed by atoms with E-state index >= 15 is 0 Å². The first-order chi connectivity index (χ1) is 10.3. The summed E-state index contributed by atoms with van der Waals surface area (Å²) in [6.07, 6.45) is 3.81. The fraction of sp³-hybridized carbons (Fsp3) is 0. The lowest BCUT2D eigenvalue weighted by Gasteiger charge is -2.05. The van der Waals surface area contributed by atoms with Gasteiger partial charge >= 0.3 is 0 Å². The second-order valence-corrected chi connectivity index (χ2v) is 4.51. The summed E-state index contributed by atoms with van der Waals surface area (Å²) in [5, 5.41) is 8.11. The molecule has 1 heterocycles. The molecule has 4 heteroatoms. The predicted molar refractivity (Wildman–Crippen MR) is 86.7 cm³/mol. The Hall–Kier alpha value is -3.01. The summed E-state index contributed by atoms with van der Waals surface area (Å²) >= 11 is 0. The molecule has 0 aromatic heterocycles. The molecule has 0 amide bonds. The molecule has 2 aromatic carbocycles. The molecule has 0 spiro atoms. The average molecular weight is 274 g/mol. The molecule has 102 valence electrons. The molecule has 1 aliphatic rings. The molecule has 0 atom stereocenters. The lowest BCUT2D eigenvalue weighted by atomic mass is 10.1. The standard InChI is InChI=1S/C17H14N4/c18-17-19-15(13-7-3-1-4-8-13)11-12-16(20-21-17)14-9-5-2-6-10-14/h1-12H,(H2,18,19,21). The first-order valence-electron chi connectivity index (χ1n) is 6.62. The Kier molecular flexibility index (Phi) is 3.69. The van der Waals surface area contributed by atoms with Crippen molar-refractivity contribution in [2.24, 2.45) is 20.9 Å². The zero-order valence-corrected chi connectivity index (χ0v) is 11.3. The van der Waals surface area contributed by atoms with Crippen LogP contribution in [0.25, 0.3) is 0 Å². The van der Waals surface area contributed by atoms with E-state index < -0.39 is 0 Å². The quantitative estimate of drug-likeness (QED) is 0.899. The molecule has 2 aromatic rings. The van der Waals surface area contributed by atoms with Gasteiger partial charge in [-0.3, -0.25) is 0 Å². The number of allylic oxidation sites excluding steroid dienone is 2. The predicted octanol–water partition coefficient (Wildman–Crippen LogP) is 2.76. The maximum atomic E-state index is 5.79. The summed E-state index contributed by atoms with van der Waals surface area (Å²) in [6, 6.07) is 19.7. The van der Waals surface area contributed by atoms with Gasteiger partial charge in [0.25, 0.3) is 0 Å². The zero-order chi connectivity index (χ0) is 14.5. The van der Waals surface area contributed by atoms with Gasteiger partial charge in [0.1, 0.15) is 0 Å². The smallest absolute Gasteiger partial charge is 0.240 e. The Morgan fingerprint density at radius 3 is 1.76 bits per heavy atom. The molecule has 1 aliphatic heterocycles. The molecule has 3 rings (SSSR count). The van der Waals surface area contributed by atoms with Crippen molar-refractivity contribution in [1.29, 1.82) is 0 Å². The van der Waals surface area contributed by atoms with Gasteiger partial charge in [-0.15, -0.1) is 10.2 Å². The number of aliphatic imine (C=N–C) groups is 1. The van der Waals surface area contributed by atoms with E-state index in [1.54, 1.807) is 0 Å². The SMILES string of the molecule is NC1=N/N=C(c2ccccc2)/C=C\C(c2ccccc2)=N\1. The van der Waals surface area contributed by atoms with Crippen molar-refractivity contribution in [3.05, 3.63) is 83.9 Å². The van der Waals surface area contributed by atoms with E-state index in [1.165, 1.54) is 0 Å². The van der Waals surface area contributed by atoms with Crippen LogP contribution >= 0.6 is 0 Å². The van der Waals surface area contributed by atoms with Crippen LogP contribution in [0.1, 0.15) is 11.1 Å². The van der Waals surface area contributed by atoms with E-state index in [4.69, 9.17) is 5.73 Å². The zero-order valence-electron chi connectivity index (χ0n) is 11.3. The van der Waals surface area contributed by atoms with Crippen molar-refractivity contribution >= 4 is 17.4 Å². The van der Waals surface area contributed by atoms with Crippen LogP contribution in [0.15, 0.2) is 88.0 Å². The molecule has 2 N–H and O–H groups in total. The molecule has 0 saturated heterocycles. The van der Waals surface area contributed by atoms with Crippen LogP contribution in [0.5, 0.6) is 0 Å². The lowest BCUT2D eigenvalue weighted by Crippen LogP contribution is -2.14. The van der Waals surface area contributed by atoms with Crippen LogP contribution in [-0.4, -0.2) is 17.4 Å². The second-order valence-electron chi connectivity index (χ2n) is 4.51. The normalized spacial score (nSPS) is 23.5. The number of hydrogen-bond acceptors (Lipinski definition) is 4. The molecule has 0 fully saturated rings. The summed E-state index contributed by atoms with van der Waals surface area (Å²) in [6.45, 7) is 0. The van der Waals surface area contributed by atoms with E-state index in [0.717, 1.165) is 22.6 Å². The van der Waals surface area contributed by atoms with Gasteiger partial charge in [0.2, 0.25) is 5.96 Å². The highest BCUT2D eigenvalue weighted by atomic mass is 15.3. The number of nitrogens with two attached hydrogens (primary N) is 1. The number of benzene rings is 2. The fourth-order valence-electron chi connectivity index (χ4n) is 2.01. The van der Waals surface area contributed by atoms with Gasteiger partial charge in [0.15, 0.2) is 0 Å². The minimum atomic E-state index is 0.145. The molecular weight excluding hydrogens is 260 g/mol. The Balaban J connectivity index is 2.00. The Bertz CT molecular complexity index is 741. The summed E-state index contributed by atoms with van der Waals surface area (Å²) < 4.78 is 0. The summed E-state index contributed by atoms with van der Waals surface area (Å²) in [7, 11) is 0. The maximum absolute atomic E-state index is 5.79. The summed E-state index contributed by atoms with van der Waals surface area (Å²) in [5.41, 5.74) is 9.28. The van der Waals surface area contributed by atoms with Crippen LogP contribution < -0.4 is 5.73 Å². The minimum Gasteiger partial charge on any atom is -0.366 e. The van der Waals surface area contributed by atoms with E-state index in [0.29, 0.717) is 0 Å². The number of hydrogen-bond donors (Lipinski definition) is 1. The third-order valence-corrected chi connectivity index (χ3v) is 3.03. The molecular formula is C17H14N4. The van der Waals surface area contributed by atoms with Crippen LogP contribution in [0, 0.1) is 0 Å². The van der Waals surface area contributed by atoms with Crippen molar-refractivity contribution in [3.63, 3.8) is 0 Å². The first kappa shape index (κ1) is 13.0. The van der Waals surface area contributed by atoms with Crippen molar-refractivity contribution in [2.45, 2.75) is 0 Å². The highest BCUT2D eigenvalue weighted by Gasteiger charge is 2.05. The van der Waals surface area contributed by atoms with Crippen LogP contribution in [0.2, 0.25) is 0 Å². The van der Waals surface area contributed by atoms with E-state index in [2.05, 4.69) is 15.2 Å². The molecule has 21 heavy (non-hydrogen) atoms. The van der Waals surface area contributed by atoms with Crippen LogP contribution in [0.3, 0.4) is 0 Å². The fourth-order valence-corrected chi connectivity index (χ4v) is 2.01. The van der Waals surface area contributed by atoms with Gasteiger partial charge in [-0.25, -0.2) is 4.99 Å². The van der Waals surface area contributed by atoms with Gasteiger partial charge < -0.3 is 5.73 Å². The van der Waals surface area contributed by atoms with Gasteiger partial charge in [-0.05, 0) is 12.2 Å². The van der Waals surface area contributed by atoms with Crippen molar-refractivity contribution in [3.8, 4) is 0 Å². The van der Waals surface area contributed by atoms with Crippen LogP contribution in [-0.2, 0) is 0 Å². The first-order valence-corrected chi connectivity index (χ1v) is 6.62. The van der Waals surface area contributed by atoms with Gasteiger partial charge in [0.05, 0.1) is 11.4 Å². The Labute approximate surface area is 123 Å².